The van der Waals surface area contributed by atoms with Crippen molar-refractivity contribution in [3.63, 3.8) is 0 Å². The number of nitrogens with zero attached hydrogens (tertiary/aromatic N) is 1. The monoisotopic (exact) mass is 426 g/mol. The fraction of sp³-hybridized carbons (Fsp3) is 0.520. The van der Waals surface area contributed by atoms with Crippen molar-refractivity contribution in [2.45, 2.75) is 64.1 Å². The molecule has 0 aromatic heterocycles. The highest BCUT2D eigenvalue weighted by Crippen LogP contribution is 2.25. The number of hydrogen-bond acceptors (Lipinski definition) is 5. The summed E-state index contributed by atoms with van der Waals surface area (Å²) < 4.78 is 5.03. The molecule has 0 bridgehead atoms. The fourth-order valence-electron chi connectivity index (χ4n) is 4.35. The van der Waals surface area contributed by atoms with E-state index >= 15 is 0 Å². The van der Waals surface area contributed by atoms with Gasteiger partial charge in [0.1, 0.15) is 0 Å². The maximum atomic E-state index is 12.6. The van der Waals surface area contributed by atoms with Crippen LogP contribution in [0.2, 0.25) is 0 Å². The number of benzene rings is 2. The molecule has 2 N–H and O–H groups in total. The molecule has 0 radical (unpaired) electrons. The smallest absolute Gasteiger partial charge is 0.338 e. The first-order valence-corrected chi connectivity index (χ1v) is 11.0. The number of amides is 1. The number of aliphatic hydroxyl groups excluding tert-OH is 1. The van der Waals surface area contributed by atoms with Crippen LogP contribution in [0.3, 0.4) is 0 Å². The molecular weight excluding hydrogens is 392 g/mol. The van der Waals surface area contributed by atoms with Gasteiger partial charge in [0.25, 0.3) is 0 Å². The highest BCUT2D eigenvalue weighted by atomic mass is 16.5. The summed E-state index contributed by atoms with van der Waals surface area (Å²) in [6, 6.07) is 11.5. The topological polar surface area (TPSA) is 78.9 Å². The van der Waals surface area contributed by atoms with E-state index < -0.39 is 6.10 Å². The van der Waals surface area contributed by atoms with E-state index in [4.69, 9.17) is 4.74 Å². The zero-order chi connectivity index (χ0) is 22.6. The van der Waals surface area contributed by atoms with E-state index in [1.54, 1.807) is 0 Å². The van der Waals surface area contributed by atoms with Gasteiger partial charge in [0.05, 0.1) is 24.8 Å². The third-order valence-electron chi connectivity index (χ3n) is 5.76. The number of rotatable bonds is 7. The molecule has 6 nitrogen and oxygen atoms in total. The molecule has 1 aliphatic heterocycles. The van der Waals surface area contributed by atoms with Crippen molar-refractivity contribution >= 4 is 22.6 Å². The standard InChI is InChI=1S/C25H34N2O4/c1-25(2,3)26-23(29)21-10-7-15-27(21)16-19(28)14-13-18-12-11-17-8-5-6-9-20(17)22(18)24(30)31-4/h5-6,8-9,11-12,19,21,28H,7,10,13-16H2,1-4H3,(H,26,29)/t19-,21+/m1/s1. The van der Waals surface area contributed by atoms with E-state index in [1.807, 2.05) is 57.2 Å². The number of fused-ring (bicyclic) bond motifs is 1. The second kappa shape index (κ2) is 9.79. The van der Waals surface area contributed by atoms with Crippen molar-refractivity contribution in [1.29, 1.82) is 0 Å². The molecule has 31 heavy (non-hydrogen) atoms. The largest absolute Gasteiger partial charge is 0.465 e. The minimum Gasteiger partial charge on any atom is -0.465 e. The summed E-state index contributed by atoms with van der Waals surface area (Å²) >= 11 is 0. The van der Waals surface area contributed by atoms with Crippen molar-refractivity contribution in [2.24, 2.45) is 0 Å². The zero-order valence-electron chi connectivity index (χ0n) is 19.0. The lowest BCUT2D eigenvalue weighted by Crippen LogP contribution is -2.51. The van der Waals surface area contributed by atoms with Crippen molar-refractivity contribution in [2.75, 3.05) is 20.2 Å². The van der Waals surface area contributed by atoms with Gasteiger partial charge < -0.3 is 15.2 Å². The molecule has 0 spiro atoms. The van der Waals surface area contributed by atoms with Crippen molar-refractivity contribution in [3.8, 4) is 0 Å². The number of aliphatic hydroxyl groups is 1. The summed E-state index contributed by atoms with van der Waals surface area (Å²) in [5.74, 6) is -0.334. The van der Waals surface area contributed by atoms with Crippen LogP contribution >= 0.6 is 0 Å². The summed E-state index contributed by atoms with van der Waals surface area (Å²) in [4.78, 5) is 27.2. The number of likely N-dealkylation sites (tertiary alicyclic amines) is 1. The minimum absolute atomic E-state index is 0.0275. The normalized spacial score (nSPS) is 18.2. The molecule has 3 rings (SSSR count). The van der Waals surface area contributed by atoms with E-state index in [9.17, 15) is 14.7 Å². The van der Waals surface area contributed by atoms with Gasteiger partial charge in [-0.1, -0.05) is 36.4 Å². The molecule has 1 fully saturated rings. The second-order valence-corrected chi connectivity index (χ2v) is 9.40. The summed E-state index contributed by atoms with van der Waals surface area (Å²) in [6.07, 6.45) is 2.24. The van der Waals surface area contributed by atoms with Gasteiger partial charge in [-0.25, -0.2) is 4.79 Å². The number of aryl methyl sites for hydroxylation is 1. The first-order chi connectivity index (χ1) is 14.7. The van der Waals surface area contributed by atoms with Crippen molar-refractivity contribution in [1.82, 2.24) is 10.2 Å². The summed E-state index contributed by atoms with van der Waals surface area (Å²) in [7, 11) is 1.39. The van der Waals surface area contributed by atoms with E-state index in [1.165, 1.54) is 7.11 Å². The predicted molar refractivity (Wildman–Crippen MR) is 122 cm³/mol. The number of ether oxygens (including phenoxy) is 1. The van der Waals surface area contributed by atoms with Crippen LogP contribution in [0.1, 0.15) is 56.0 Å². The number of hydrogen-bond donors (Lipinski definition) is 2. The summed E-state index contributed by atoms with van der Waals surface area (Å²) in [5.41, 5.74) is 1.16. The van der Waals surface area contributed by atoms with Crippen LogP contribution in [-0.4, -0.2) is 59.8 Å². The molecule has 2 atom stereocenters. The van der Waals surface area contributed by atoms with Gasteiger partial charge in [0, 0.05) is 12.1 Å². The first kappa shape index (κ1) is 23.2. The van der Waals surface area contributed by atoms with Crippen LogP contribution in [0.15, 0.2) is 36.4 Å². The van der Waals surface area contributed by atoms with Gasteiger partial charge in [-0.15, -0.1) is 0 Å². The fourth-order valence-corrected chi connectivity index (χ4v) is 4.35. The second-order valence-electron chi connectivity index (χ2n) is 9.40. The number of carbonyl (C=O) groups excluding carboxylic acids is 2. The first-order valence-electron chi connectivity index (χ1n) is 11.0. The Morgan fingerprint density at radius 1 is 1.23 bits per heavy atom. The van der Waals surface area contributed by atoms with Gasteiger partial charge in [-0.05, 0) is 69.3 Å². The molecule has 0 unspecified atom stereocenters. The molecule has 1 saturated heterocycles. The maximum Gasteiger partial charge on any atom is 0.338 e. The zero-order valence-corrected chi connectivity index (χ0v) is 19.0. The van der Waals surface area contributed by atoms with Crippen LogP contribution in [-0.2, 0) is 16.0 Å². The van der Waals surface area contributed by atoms with Crippen LogP contribution in [0.25, 0.3) is 10.8 Å². The van der Waals surface area contributed by atoms with Gasteiger partial charge in [-0.2, -0.15) is 0 Å². The Balaban J connectivity index is 1.67. The lowest BCUT2D eigenvalue weighted by Gasteiger charge is -2.29. The van der Waals surface area contributed by atoms with E-state index in [0.29, 0.717) is 24.9 Å². The molecule has 6 heteroatoms. The van der Waals surface area contributed by atoms with Gasteiger partial charge in [0.15, 0.2) is 0 Å². The van der Waals surface area contributed by atoms with Gasteiger partial charge in [0.2, 0.25) is 5.91 Å². The van der Waals surface area contributed by atoms with Crippen LogP contribution in [0, 0.1) is 0 Å². The Morgan fingerprint density at radius 2 is 1.97 bits per heavy atom. The Hall–Kier alpha value is -2.44. The number of β-amino-alcohol motifs (C(OH)–C–C–N with tert-alkyl or cyclic N) is 1. The summed E-state index contributed by atoms with van der Waals surface area (Å²) in [6.45, 7) is 7.18. The van der Waals surface area contributed by atoms with Crippen LogP contribution < -0.4 is 5.32 Å². The highest BCUT2D eigenvalue weighted by Gasteiger charge is 2.33. The lowest BCUT2D eigenvalue weighted by atomic mass is 9.95. The van der Waals surface area contributed by atoms with Gasteiger partial charge in [-0.3, -0.25) is 9.69 Å². The number of nitrogens with one attached hydrogen (secondary N) is 1. The van der Waals surface area contributed by atoms with E-state index in [2.05, 4.69) is 10.2 Å². The number of methoxy groups -OCH3 is 1. The van der Waals surface area contributed by atoms with Crippen LogP contribution in [0.4, 0.5) is 0 Å². The van der Waals surface area contributed by atoms with E-state index in [-0.39, 0.29) is 23.5 Å². The Bertz CT molecular complexity index is 935. The molecular formula is C25H34N2O4. The highest BCUT2D eigenvalue weighted by molar-refractivity contribution is 6.05. The molecule has 1 amide bonds. The Labute approximate surface area is 184 Å². The Kier molecular flexibility index (Phi) is 7.34. The number of carbonyl (C=O) groups is 2. The molecule has 1 aliphatic rings. The molecule has 1 heterocycles. The molecule has 168 valence electrons. The van der Waals surface area contributed by atoms with Crippen LogP contribution in [0.5, 0.6) is 0 Å². The average Bonchev–Trinajstić information content (AvgIpc) is 3.18. The third kappa shape index (κ3) is 5.83. The summed E-state index contributed by atoms with van der Waals surface area (Å²) in [5, 5.41) is 15.6. The molecule has 0 aliphatic carbocycles. The SMILES string of the molecule is COC(=O)c1c(CC[C@@H](O)CN2CCC[C@H]2C(=O)NC(C)(C)C)ccc2ccccc12. The van der Waals surface area contributed by atoms with Crippen molar-refractivity contribution in [3.05, 3.63) is 47.5 Å². The molecule has 0 saturated carbocycles. The lowest BCUT2D eigenvalue weighted by molar-refractivity contribution is -0.127. The quantitative estimate of drug-likeness (QED) is 0.664. The minimum atomic E-state index is -0.583. The van der Waals surface area contributed by atoms with Crippen molar-refractivity contribution < 1.29 is 19.4 Å². The number of esters is 1. The maximum absolute atomic E-state index is 12.6. The van der Waals surface area contributed by atoms with Gasteiger partial charge >= 0.3 is 5.97 Å². The predicted octanol–water partition coefficient (Wildman–Crippen LogP) is 3.30. The Morgan fingerprint density at radius 3 is 2.68 bits per heavy atom. The average molecular weight is 427 g/mol. The molecule has 2 aromatic rings. The van der Waals surface area contributed by atoms with E-state index in [0.717, 1.165) is 35.7 Å². The molecule has 2 aromatic carbocycles. The third-order valence-corrected chi connectivity index (χ3v) is 5.76.